The van der Waals surface area contributed by atoms with E-state index in [1.165, 1.54) is 0 Å². The summed E-state index contributed by atoms with van der Waals surface area (Å²) in [4.78, 5) is 0. The minimum atomic E-state index is 0.312. The molecule has 1 aromatic heterocycles. The molecule has 0 amide bonds. The Morgan fingerprint density at radius 1 is 1.29 bits per heavy atom. The second-order valence-corrected chi connectivity index (χ2v) is 4.33. The average Bonchev–Trinajstić information content (AvgIpc) is 2.77. The topological polar surface area (TPSA) is 39.9 Å². The number of hydrogen-bond donors (Lipinski definition) is 0. The van der Waals surface area contributed by atoms with Crippen LogP contribution in [0.1, 0.15) is 25.5 Å². The van der Waals surface area contributed by atoms with Gasteiger partial charge in [0, 0.05) is 11.6 Å². The molecule has 0 saturated heterocycles. The van der Waals surface area contributed by atoms with Gasteiger partial charge in [-0.05, 0) is 32.4 Å². The van der Waals surface area contributed by atoms with Crippen LogP contribution in [0.4, 0.5) is 0 Å². The van der Waals surface area contributed by atoms with Gasteiger partial charge < -0.3 is 4.74 Å². The zero-order chi connectivity index (χ0) is 12.4. The van der Waals surface area contributed by atoms with Gasteiger partial charge in [0.25, 0.3) is 0 Å². The van der Waals surface area contributed by atoms with E-state index in [1.54, 1.807) is 7.11 Å². The van der Waals surface area contributed by atoms with Crippen molar-refractivity contribution in [2.45, 2.75) is 26.8 Å². The Morgan fingerprint density at radius 3 is 2.65 bits per heavy atom. The van der Waals surface area contributed by atoms with Crippen molar-refractivity contribution in [2.75, 3.05) is 7.11 Å². The molecule has 4 nitrogen and oxygen atoms in total. The minimum Gasteiger partial charge on any atom is -0.496 e. The smallest absolute Gasteiger partial charge is 0.131 e. The van der Waals surface area contributed by atoms with Crippen LogP contribution in [-0.2, 0) is 0 Å². The zero-order valence-corrected chi connectivity index (χ0v) is 10.6. The van der Waals surface area contributed by atoms with Crippen molar-refractivity contribution in [1.29, 1.82) is 0 Å². The normalized spacial score (nSPS) is 10.9. The fourth-order valence-electron chi connectivity index (χ4n) is 1.78. The van der Waals surface area contributed by atoms with Crippen LogP contribution in [0.5, 0.6) is 5.75 Å². The monoisotopic (exact) mass is 231 g/mol. The standard InChI is InChI=1S/C13H17N3O/c1-9(2)16-8-12(14-15-16)11-7-5-6-10(3)13(11)17-4/h5-9H,1-4H3. The molecule has 0 saturated carbocycles. The van der Waals surface area contributed by atoms with Gasteiger partial charge in [0.1, 0.15) is 11.4 Å². The Bertz CT molecular complexity index is 517. The first kappa shape index (κ1) is 11.6. The van der Waals surface area contributed by atoms with Gasteiger partial charge in [0.05, 0.1) is 13.3 Å². The van der Waals surface area contributed by atoms with E-state index >= 15 is 0 Å². The second-order valence-electron chi connectivity index (χ2n) is 4.33. The number of nitrogens with zero attached hydrogens (tertiary/aromatic N) is 3. The van der Waals surface area contributed by atoms with Gasteiger partial charge >= 0.3 is 0 Å². The van der Waals surface area contributed by atoms with Crippen molar-refractivity contribution in [1.82, 2.24) is 15.0 Å². The average molecular weight is 231 g/mol. The Kier molecular flexibility index (Phi) is 3.13. The van der Waals surface area contributed by atoms with E-state index in [-0.39, 0.29) is 0 Å². The predicted octanol–water partition coefficient (Wildman–Crippen LogP) is 2.84. The van der Waals surface area contributed by atoms with Crippen LogP contribution < -0.4 is 4.74 Å². The molecule has 0 fully saturated rings. The molecule has 1 heterocycles. The third-order valence-corrected chi connectivity index (χ3v) is 2.73. The molecule has 4 heteroatoms. The highest BCUT2D eigenvalue weighted by Gasteiger charge is 2.12. The summed E-state index contributed by atoms with van der Waals surface area (Å²) in [6, 6.07) is 6.34. The van der Waals surface area contributed by atoms with Crippen molar-refractivity contribution in [3.63, 3.8) is 0 Å². The van der Waals surface area contributed by atoms with Crippen LogP contribution >= 0.6 is 0 Å². The Hall–Kier alpha value is -1.84. The van der Waals surface area contributed by atoms with Crippen molar-refractivity contribution in [3.8, 4) is 17.0 Å². The van der Waals surface area contributed by atoms with Crippen LogP contribution in [0.2, 0.25) is 0 Å². The first-order chi connectivity index (χ1) is 8.13. The molecule has 0 aliphatic rings. The number of ether oxygens (including phenoxy) is 1. The molecule has 0 spiro atoms. The summed E-state index contributed by atoms with van der Waals surface area (Å²) < 4.78 is 7.27. The van der Waals surface area contributed by atoms with Gasteiger partial charge in [0.15, 0.2) is 0 Å². The van der Waals surface area contributed by atoms with Crippen molar-refractivity contribution < 1.29 is 4.74 Å². The van der Waals surface area contributed by atoms with Gasteiger partial charge in [-0.3, -0.25) is 0 Å². The fourth-order valence-corrected chi connectivity index (χ4v) is 1.78. The van der Waals surface area contributed by atoms with Crippen LogP contribution in [0.15, 0.2) is 24.4 Å². The fraction of sp³-hybridized carbons (Fsp3) is 0.385. The van der Waals surface area contributed by atoms with E-state index in [2.05, 4.69) is 24.2 Å². The lowest BCUT2D eigenvalue weighted by atomic mass is 10.1. The number of benzene rings is 1. The molecule has 0 aliphatic heterocycles. The van der Waals surface area contributed by atoms with E-state index in [0.29, 0.717) is 6.04 Å². The van der Waals surface area contributed by atoms with E-state index in [0.717, 1.165) is 22.6 Å². The molecule has 0 N–H and O–H groups in total. The van der Waals surface area contributed by atoms with Crippen molar-refractivity contribution in [3.05, 3.63) is 30.0 Å². The van der Waals surface area contributed by atoms with Gasteiger partial charge in [0.2, 0.25) is 0 Å². The summed E-state index contributed by atoms with van der Waals surface area (Å²) in [6.07, 6.45) is 1.95. The molecular formula is C13H17N3O. The molecule has 0 atom stereocenters. The number of aryl methyl sites for hydroxylation is 1. The highest BCUT2D eigenvalue weighted by molar-refractivity contribution is 5.68. The summed E-state index contributed by atoms with van der Waals surface area (Å²) >= 11 is 0. The lowest BCUT2D eigenvalue weighted by Gasteiger charge is -2.08. The summed E-state index contributed by atoms with van der Waals surface area (Å²) in [6.45, 7) is 6.17. The Labute approximate surface area is 101 Å². The van der Waals surface area contributed by atoms with E-state index in [1.807, 2.05) is 36.0 Å². The minimum absolute atomic E-state index is 0.312. The zero-order valence-electron chi connectivity index (χ0n) is 10.6. The van der Waals surface area contributed by atoms with Crippen LogP contribution in [-0.4, -0.2) is 22.1 Å². The number of para-hydroxylation sites is 1. The van der Waals surface area contributed by atoms with E-state index in [9.17, 15) is 0 Å². The lowest BCUT2D eigenvalue weighted by Crippen LogP contribution is -2.00. The molecule has 0 unspecified atom stereocenters. The number of methoxy groups -OCH3 is 1. The largest absolute Gasteiger partial charge is 0.496 e. The first-order valence-corrected chi connectivity index (χ1v) is 5.69. The van der Waals surface area contributed by atoms with Crippen molar-refractivity contribution >= 4 is 0 Å². The summed E-state index contributed by atoms with van der Waals surface area (Å²) in [7, 11) is 1.68. The number of hydrogen-bond acceptors (Lipinski definition) is 3. The Morgan fingerprint density at radius 2 is 2.06 bits per heavy atom. The summed E-state index contributed by atoms with van der Waals surface area (Å²) in [5.41, 5.74) is 2.93. The predicted molar refractivity (Wildman–Crippen MR) is 67.1 cm³/mol. The molecule has 0 bridgehead atoms. The van der Waals surface area contributed by atoms with Gasteiger partial charge in [-0.1, -0.05) is 17.3 Å². The van der Waals surface area contributed by atoms with Crippen molar-refractivity contribution in [2.24, 2.45) is 0 Å². The summed E-state index contributed by atoms with van der Waals surface area (Å²) in [5, 5.41) is 8.30. The molecule has 0 radical (unpaired) electrons. The van der Waals surface area contributed by atoms with Gasteiger partial charge in [-0.25, -0.2) is 4.68 Å². The highest BCUT2D eigenvalue weighted by atomic mass is 16.5. The quantitative estimate of drug-likeness (QED) is 0.815. The van der Waals surface area contributed by atoms with Crippen LogP contribution in [0.25, 0.3) is 11.3 Å². The maximum Gasteiger partial charge on any atom is 0.131 e. The van der Waals surface area contributed by atoms with Gasteiger partial charge in [-0.2, -0.15) is 0 Å². The lowest BCUT2D eigenvalue weighted by molar-refractivity contribution is 0.413. The number of aromatic nitrogens is 3. The van der Waals surface area contributed by atoms with Crippen LogP contribution in [0, 0.1) is 6.92 Å². The van der Waals surface area contributed by atoms with Crippen LogP contribution in [0.3, 0.4) is 0 Å². The third kappa shape index (κ3) is 2.16. The maximum absolute atomic E-state index is 5.42. The molecule has 90 valence electrons. The van der Waals surface area contributed by atoms with E-state index in [4.69, 9.17) is 4.74 Å². The molecule has 1 aromatic carbocycles. The SMILES string of the molecule is COc1c(C)cccc1-c1cn(C(C)C)nn1. The molecule has 0 aliphatic carbocycles. The highest BCUT2D eigenvalue weighted by Crippen LogP contribution is 2.31. The van der Waals surface area contributed by atoms with E-state index < -0.39 is 0 Å². The molecule has 17 heavy (non-hydrogen) atoms. The summed E-state index contributed by atoms with van der Waals surface area (Å²) in [5.74, 6) is 0.864. The first-order valence-electron chi connectivity index (χ1n) is 5.69. The molecule has 2 aromatic rings. The number of rotatable bonds is 3. The molecule has 2 rings (SSSR count). The third-order valence-electron chi connectivity index (χ3n) is 2.73. The molecular weight excluding hydrogens is 214 g/mol. The van der Waals surface area contributed by atoms with Gasteiger partial charge in [-0.15, -0.1) is 5.10 Å². The second kappa shape index (κ2) is 4.57. The maximum atomic E-state index is 5.42. The Balaban J connectivity index is 2.48.